The van der Waals surface area contributed by atoms with E-state index in [2.05, 4.69) is 12.0 Å². The SMILES string of the molecule is CC1CCCN1C(=O)c1nn(C)cc1N. The molecule has 1 unspecified atom stereocenters. The van der Waals surface area contributed by atoms with E-state index in [0.29, 0.717) is 17.4 Å². The van der Waals surface area contributed by atoms with Crippen LogP contribution in [-0.2, 0) is 7.05 Å². The van der Waals surface area contributed by atoms with Crippen molar-refractivity contribution in [2.75, 3.05) is 12.3 Å². The van der Waals surface area contributed by atoms with Crippen molar-refractivity contribution < 1.29 is 4.79 Å². The fraction of sp³-hybridized carbons (Fsp3) is 0.600. The Hall–Kier alpha value is -1.52. The fourth-order valence-electron chi connectivity index (χ4n) is 2.04. The smallest absolute Gasteiger partial charge is 0.276 e. The van der Waals surface area contributed by atoms with Crippen LogP contribution in [0.2, 0.25) is 0 Å². The minimum Gasteiger partial charge on any atom is -0.396 e. The summed E-state index contributed by atoms with van der Waals surface area (Å²) in [5.74, 6) is -0.0434. The standard InChI is InChI=1S/C10H16N4O/c1-7-4-3-5-14(7)10(15)9-8(11)6-13(2)12-9/h6-7H,3-5,11H2,1-2H3. The Morgan fingerprint density at radius 1 is 1.67 bits per heavy atom. The Morgan fingerprint density at radius 2 is 2.40 bits per heavy atom. The summed E-state index contributed by atoms with van der Waals surface area (Å²) in [6, 6.07) is 0.305. The number of nitrogens with zero attached hydrogens (tertiary/aromatic N) is 3. The average molecular weight is 208 g/mol. The molecule has 2 N–H and O–H groups in total. The van der Waals surface area contributed by atoms with Gasteiger partial charge < -0.3 is 10.6 Å². The number of anilines is 1. The van der Waals surface area contributed by atoms with Gasteiger partial charge in [-0.15, -0.1) is 0 Å². The van der Waals surface area contributed by atoms with Crippen molar-refractivity contribution in [3.63, 3.8) is 0 Å². The molecule has 1 aromatic rings. The molecule has 1 aliphatic heterocycles. The van der Waals surface area contributed by atoms with E-state index in [1.165, 1.54) is 0 Å². The second-order valence-corrected chi connectivity index (χ2v) is 4.10. The van der Waals surface area contributed by atoms with E-state index >= 15 is 0 Å². The molecule has 0 aromatic carbocycles. The molecule has 0 radical (unpaired) electrons. The Balaban J connectivity index is 2.24. The van der Waals surface area contributed by atoms with Crippen LogP contribution in [0.3, 0.4) is 0 Å². The molecule has 2 heterocycles. The van der Waals surface area contributed by atoms with Gasteiger partial charge in [0, 0.05) is 25.8 Å². The van der Waals surface area contributed by atoms with Crippen LogP contribution in [0.1, 0.15) is 30.3 Å². The number of hydrogen-bond acceptors (Lipinski definition) is 3. The first-order valence-corrected chi connectivity index (χ1v) is 5.19. The van der Waals surface area contributed by atoms with Crippen LogP contribution in [-0.4, -0.2) is 33.2 Å². The van der Waals surface area contributed by atoms with Crippen LogP contribution in [0.4, 0.5) is 5.69 Å². The number of likely N-dealkylation sites (tertiary alicyclic amines) is 1. The molecule has 5 heteroatoms. The highest BCUT2D eigenvalue weighted by Crippen LogP contribution is 2.20. The van der Waals surface area contributed by atoms with Gasteiger partial charge in [-0.1, -0.05) is 0 Å². The second-order valence-electron chi connectivity index (χ2n) is 4.10. The number of carbonyl (C=O) groups is 1. The quantitative estimate of drug-likeness (QED) is 0.736. The van der Waals surface area contributed by atoms with Gasteiger partial charge in [0.2, 0.25) is 0 Å². The Morgan fingerprint density at radius 3 is 2.87 bits per heavy atom. The summed E-state index contributed by atoms with van der Waals surface area (Å²) >= 11 is 0. The summed E-state index contributed by atoms with van der Waals surface area (Å²) in [6.07, 6.45) is 3.80. The number of aryl methyl sites for hydroxylation is 1. The van der Waals surface area contributed by atoms with Gasteiger partial charge in [-0.3, -0.25) is 9.48 Å². The Kier molecular flexibility index (Phi) is 2.38. The Labute approximate surface area is 88.8 Å². The third kappa shape index (κ3) is 1.69. The molecule has 0 bridgehead atoms. The zero-order valence-corrected chi connectivity index (χ0v) is 9.10. The van der Waals surface area contributed by atoms with Crippen LogP contribution in [0.15, 0.2) is 6.20 Å². The van der Waals surface area contributed by atoms with Crippen molar-refractivity contribution in [1.82, 2.24) is 14.7 Å². The summed E-state index contributed by atoms with van der Waals surface area (Å²) in [4.78, 5) is 13.9. The van der Waals surface area contributed by atoms with Gasteiger partial charge in [0.1, 0.15) is 0 Å². The summed E-state index contributed by atoms with van der Waals surface area (Å²) in [5.41, 5.74) is 6.57. The predicted molar refractivity (Wildman–Crippen MR) is 57.4 cm³/mol. The summed E-state index contributed by atoms with van der Waals surface area (Å²) in [6.45, 7) is 2.88. The molecule has 82 valence electrons. The first kappa shape index (κ1) is 10.0. The van der Waals surface area contributed by atoms with Gasteiger partial charge in [-0.05, 0) is 19.8 Å². The van der Waals surface area contributed by atoms with Crippen molar-refractivity contribution in [3.05, 3.63) is 11.9 Å². The van der Waals surface area contributed by atoms with E-state index in [-0.39, 0.29) is 5.91 Å². The largest absolute Gasteiger partial charge is 0.396 e. The average Bonchev–Trinajstić information content (AvgIpc) is 2.71. The molecule has 5 nitrogen and oxygen atoms in total. The zero-order valence-electron chi connectivity index (χ0n) is 9.10. The van der Waals surface area contributed by atoms with E-state index in [9.17, 15) is 4.79 Å². The normalized spacial score (nSPS) is 20.9. The third-order valence-electron chi connectivity index (χ3n) is 2.87. The predicted octanol–water partition coefficient (Wildman–Crippen LogP) is 0.627. The molecule has 1 atom stereocenters. The topological polar surface area (TPSA) is 64.2 Å². The first-order valence-electron chi connectivity index (χ1n) is 5.19. The summed E-state index contributed by atoms with van der Waals surface area (Å²) < 4.78 is 1.57. The number of rotatable bonds is 1. The molecule has 1 aromatic heterocycles. The molecule has 1 amide bonds. The minimum absolute atomic E-state index is 0.0434. The lowest BCUT2D eigenvalue weighted by Crippen LogP contribution is -2.34. The maximum atomic E-state index is 12.1. The van der Waals surface area contributed by atoms with E-state index in [0.717, 1.165) is 19.4 Å². The highest BCUT2D eigenvalue weighted by molar-refractivity contribution is 5.97. The lowest BCUT2D eigenvalue weighted by molar-refractivity contribution is 0.0742. The van der Waals surface area contributed by atoms with Crippen molar-refractivity contribution in [3.8, 4) is 0 Å². The van der Waals surface area contributed by atoms with E-state index in [1.54, 1.807) is 17.9 Å². The molecule has 1 fully saturated rings. The van der Waals surface area contributed by atoms with Gasteiger partial charge in [0.25, 0.3) is 5.91 Å². The zero-order chi connectivity index (χ0) is 11.0. The highest BCUT2D eigenvalue weighted by atomic mass is 16.2. The second kappa shape index (κ2) is 3.56. The minimum atomic E-state index is -0.0434. The molecule has 0 spiro atoms. The van der Waals surface area contributed by atoms with Crippen molar-refractivity contribution in [1.29, 1.82) is 0 Å². The number of aromatic nitrogens is 2. The fourth-order valence-corrected chi connectivity index (χ4v) is 2.04. The van der Waals surface area contributed by atoms with Crippen molar-refractivity contribution in [2.45, 2.75) is 25.8 Å². The molecule has 0 saturated carbocycles. The highest BCUT2D eigenvalue weighted by Gasteiger charge is 2.28. The summed E-state index contributed by atoms with van der Waals surface area (Å²) in [7, 11) is 1.76. The van der Waals surface area contributed by atoms with Crippen molar-refractivity contribution >= 4 is 11.6 Å². The lowest BCUT2D eigenvalue weighted by Gasteiger charge is -2.20. The molecule has 2 rings (SSSR count). The van der Waals surface area contributed by atoms with Gasteiger partial charge in [0.05, 0.1) is 5.69 Å². The van der Waals surface area contributed by atoms with E-state index in [4.69, 9.17) is 5.73 Å². The number of nitrogens with two attached hydrogens (primary N) is 1. The molecule has 15 heavy (non-hydrogen) atoms. The van der Waals surface area contributed by atoms with Crippen LogP contribution in [0.25, 0.3) is 0 Å². The molecule has 1 aliphatic rings. The maximum Gasteiger partial charge on any atom is 0.276 e. The number of carbonyl (C=O) groups excluding carboxylic acids is 1. The van der Waals surface area contributed by atoms with Crippen LogP contribution >= 0.6 is 0 Å². The van der Waals surface area contributed by atoms with Crippen LogP contribution in [0.5, 0.6) is 0 Å². The van der Waals surface area contributed by atoms with Crippen molar-refractivity contribution in [2.24, 2.45) is 7.05 Å². The van der Waals surface area contributed by atoms with Gasteiger partial charge in [-0.2, -0.15) is 5.10 Å². The molecule has 0 aliphatic carbocycles. The first-order chi connectivity index (χ1) is 7.09. The molecular formula is C10H16N4O. The number of amides is 1. The van der Waals surface area contributed by atoms with Crippen LogP contribution in [0, 0.1) is 0 Å². The number of nitrogen functional groups attached to an aromatic ring is 1. The van der Waals surface area contributed by atoms with Crippen LogP contribution < -0.4 is 5.73 Å². The lowest BCUT2D eigenvalue weighted by atomic mass is 10.2. The van der Waals surface area contributed by atoms with Gasteiger partial charge >= 0.3 is 0 Å². The molecule has 1 saturated heterocycles. The summed E-state index contributed by atoms with van der Waals surface area (Å²) in [5, 5.41) is 4.09. The monoisotopic (exact) mass is 208 g/mol. The Bertz CT molecular complexity index is 385. The van der Waals surface area contributed by atoms with E-state index in [1.807, 2.05) is 4.90 Å². The number of hydrogen-bond donors (Lipinski definition) is 1. The van der Waals surface area contributed by atoms with Gasteiger partial charge in [-0.25, -0.2) is 0 Å². The maximum absolute atomic E-state index is 12.1. The van der Waals surface area contributed by atoms with Gasteiger partial charge in [0.15, 0.2) is 5.69 Å². The third-order valence-corrected chi connectivity index (χ3v) is 2.87. The molecular weight excluding hydrogens is 192 g/mol. The van der Waals surface area contributed by atoms with E-state index < -0.39 is 0 Å².